The molecule has 0 fully saturated rings. The molecule has 0 saturated carbocycles. The molecule has 2 N–H and O–H groups in total. The van der Waals surface area contributed by atoms with Crippen molar-refractivity contribution >= 4 is 15.9 Å². The van der Waals surface area contributed by atoms with Gasteiger partial charge in [0, 0.05) is 16.6 Å². The van der Waals surface area contributed by atoms with Gasteiger partial charge in [-0.25, -0.2) is 0 Å². The van der Waals surface area contributed by atoms with Crippen LogP contribution >= 0.6 is 15.9 Å². The minimum Gasteiger partial charge on any atom is -0.339 e. The fourth-order valence-corrected chi connectivity index (χ4v) is 2.99. The van der Waals surface area contributed by atoms with Crippen LogP contribution in [0, 0.1) is 12.3 Å². The smallest absolute Gasteiger partial charge is 0.231 e. The van der Waals surface area contributed by atoms with Crippen molar-refractivity contribution in [2.45, 2.75) is 40.0 Å². The number of nitrogens with two attached hydrogens (primary N) is 1. The Kier molecular flexibility index (Phi) is 4.84. The topological polar surface area (TPSA) is 64.9 Å². The van der Waals surface area contributed by atoms with E-state index in [-0.39, 0.29) is 11.3 Å². The summed E-state index contributed by atoms with van der Waals surface area (Å²) in [5.41, 5.74) is 8.16. The molecule has 4 nitrogen and oxygen atoms in total. The summed E-state index contributed by atoms with van der Waals surface area (Å²) in [6, 6.07) is 6.07. The van der Waals surface area contributed by atoms with Crippen molar-refractivity contribution in [3.05, 3.63) is 34.1 Å². The van der Waals surface area contributed by atoms with Crippen LogP contribution in [0.15, 0.2) is 27.2 Å². The van der Waals surface area contributed by atoms with E-state index in [4.69, 9.17) is 10.3 Å². The van der Waals surface area contributed by atoms with Crippen molar-refractivity contribution in [2.75, 3.05) is 6.54 Å². The summed E-state index contributed by atoms with van der Waals surface area (Å²) in [6.45, 7) is 9.11. The Labute approximate surface area is 134 Å². The molecule has 0 saturated heterocycles. The average molecular weight is 352 g/mol. The Hall–Kier alpha value is -1.20. The molecular weight excluding hydrogens is 330 g/mol. The second-order valence-corrected chi connectivity index (χ2v) is 7.49. The first-order chi connectivity index (χ1) is 9.80. The van der Waals surface area contributed by atoms with Gasteiger partial charge in [0.15, 0.2) is 0 Å². The lowest BCUT2D eigenvalue weighted by Gasteiger charge is -2.22. The largest absolute Gasteiger partial charge is 0.339 e. The number of hydrogen-bond acceptors (Lipinski definition) is 4. The Balaban J connectivity index is 2.28. The van der Waals surface area contributed by atoms with Crippen molar-refractivity contribution in [1.29, 1.82) is 0 Å². The highest BCUT2D eigenvalue weighted by atomic mass is 79.9. The molecule has 0 aliphatic rings. The Morgan fingerprint density at radius 1 is 1.33 bits per heavy atom. The zero-order chi connectivity index (χ0) is 15.6. The van der Waals surface area contributed by atoms with Crippen LogP contribution in [0.3, 0.4) is 0 Å². The van der Waals surface area contributed by atoms with Gasteiger partial charge in [-0.05, 0) is 36.5 Å². The zero-order valence-corrected chi connectivity index (χ0v) is 14.6. The summed E-state index contributed by atoms with van der Waals surface area (Å²) < 4.78 is 6.41. The van der Waals surface area contributed by atoms with Crippen LogP contribution in [0.5, 0.6) is 0 Å². The van der Waals surface area contributed by atoms with Crippen LogP contribution in [-0.2, 0) is 0 Å². The Morgan fingerprint density at radius 2 is 2.05 bits per heavy atom. The molecule has 1 aromatic heterocycles. The van der Waals surface area contributed by atoms with E-state index in [1.165, 1.54) is 5.56 Å². The van der Waals surface area contributed by atoms with E-state index >= 15 is 0 Å². The highest BCUT2D eigenvalue weighted by Gasteiger charge is 2.24. The summed E-state index contributed by atoms with van der Waals surface area (Å²) >= 11 is 3.55. The highest BCUT2D eigenvalue weighted by Crippen LogP contribution is 2.32. The van der Waals surface area contributed by atoms with Gasteiger partial charge in [0.2, 0.25) is 11.7 Å². The third kappa shape index (κ3) is 4.14. The minimum absolute atomic E-state index is 0.0930. The number of nitrogens with zero attached hydrogens (tertiary/aromatic N) is 2. The number of aryl methyl sites for hydroxylation is 1. The third-order valence-electron chi connectivity index (χ3n) is 3.30. The predicted octanol–water partition coefficient (Wildman–Crippen LogP) is 4.29. The molecule has 0 spiro atoms. The SMILES string of the molecule is Cc1ccc(-c2noc(C(CN)CC(C)(C)C)n2)c(Br)c1. The van der Waals surface area contributed by atoms with E-state index in [0.717, 1.165) is 16.5 Å². The zero-order valence-electron chi connectivity index (χ0n) is 13.0. The maximum atomic E-state index is 5.87. The molecule has 114 valence electrons. The quantitative estimate of drug-likeness (QED) is 0.892. The lowest BCUT2D eigenvalue weighted by Crippen LogP contribution is -2.19. The maximum absolute atomic E-state index is 5.87. The maximum Gasteiger partial charge on any atom is 0.231 e. The molecule has 0 aliphatic heterocycles. The fraction of sp³-hybridized carbons (Fsp3) is 0.500. The van der Waals surface area contributed by atoms with E-state index < -0.39 is 0 Å². The van der Waals surface area contributed by atoms with Crippen LogP contribution in [-0.4, -0.2) is 16.7 Å². The van der Waals surface area contributed by atoms with Crippen LogP contribution in [0.2, 0.25) is 0 Å². The van der Waals surface area contributed by atoms with E-state index in [1.807, 2.05) is 25.1 Å². The normalized spacial score (nSPS) is 13.4. The fourth-order valence-electron chi connectivity index (χ4n) is 2.32. The number of rotatable bonds is 4. The van der Waals surface area contributed by atoms with Crippen molar-refractivity contribution in [3.8, 4) is 11.4 Å². The average Bonchev–Trinajstić information content (AvgIpc) is 2.84. The summed E-state index contributed by atoms with van der Waals surface area (Å²) in [6.07, 6.45) is 0.917. The monoisotopic (exact) mass is 351 g/mol. The molecule has 1 unspecified atom stereocenters. The van der Waals surface area contributed by atoms with Gasteiger partial charge >= 0.3 is 0 Å². The lowest BCUT2D eigenvalue weighted by atomic mass is 9.84. The molecule has 2 rings (SSSR count). The summed E-state index contributed by atoms with van der Waals surface area (Å²) in [5, 5.41) is 4.10. The number of benzene rings is 1. The lowest BCUT2D eigenvalue weighted by molar-refractivity contribution is 0.287. The molecular formula is C16H22BrN3O. The Bertz CT molecular complexity index is 616. The van der Waals surface area contributed by atoms with Gasteiger partial charge in [-0.1, -0.05) is 47.9 Å². The molecule has 2 aromatic rings. The van der Waals surface area contributed by atoms with Crippen LogP contribution in [0.4, 0.5) is 0 Å². The van der Waals surface area contributed by atoms with Crippen molar-refractivity contribution in [1.82, 2.24) is 10.1 Å². The van der Waals surface area contributed by atoms with E-state index in [9.17, 15) is 0 Å². The van der Waals surface area contributed by atoms with Crippen LogP contribution in [0.1, 0.15) is 44.6 Å². The van der Waals surface area contributed by atoms with Crippen LogP contribution < -0.4 is 5.73 Å². The first-order valence-corrected chi connectivity index (χ1v) is 7.89. The second kappa shape index (κ2) is 6.28. The first-order valence-electron chi connectivity index (χ1n) is 7.10. The number of halogens is 1. The van der Waals surface area contributed by atoms with Gasteiger partial charge < -0.3 is 10.3 Å². The van der Waals surface area contributed by atoms with Crippen molar-refractivity contribution in [3.63, 3.8) is 0 Å². The van der Waals surface area contributed by atoms with Gasteiger partial charge in [0.1, 0.15) is 0 Å². The second-order valence-electron chi connectivity index (χ2n) is 6.64. The summed E-state index contributed by atoms with van der Waals surface area (Å²) in [4.78, 5) is 4.54. The van der Waals surface area contributed by atoms with E-state index in [1.54, 1.807) is 0 Å². The predicted molar refractivity (Wildman–Crippen MR) is 88.0 cm³/mol. The Morgan fingerprint density at radius 3 is 2.62 bits per heavy atom. The minimum atomic E-state index is 0.0930. The molecule has 1 atom stereocenters. The summed E-state index contributed by atoms with van der Waals surface area (Å²) in [7, 11) is 0. The van der Waals surface area contributed by atoms with Crippen molar-refractivity contribution in [2.24, 2.45) is 11.1 Å². The van der Waals surface area contributed by atoms with Gasteiger partial charge in [0.25, 0.3) is 0 Å². The molecule has 0 amide bonds. The summed E-state index contributed by atoms with van der Waals surface area (Å²) in [5.74, 6) is 1.31. The van der Waals surface area contributed by atoms with Crippen LogP contribution in [0.25, 0.3) is 11.4 Å². The molecule has 5 heteroatoms. The van der Waals surface area contributed by atoms with E-state index in [0.29, 0.717) is 18.3 Å². The molecule has 1 aromatic carbocycles. The third-order valence-corrected chi connectivity index (χ3v) is 3.96. The van der Waals surface area contributed by atoms with Gasteiger partial charge in [0.05, 0.1) is 5.92 Å². The number of aromatic nitrogens is 2. The molecule has 0 bridgehead atoms. The number of hydrogen-bond donors (Lipinski definition) is 1. The van der Waals surface area contributed by atoms with Gasteiger partial charge in [-0.2, -0.15) is 4.98 Å². The molecule has 0 radical (unpaired) electrons. The molecule has 1 heterocycles. The molecule has 21 heavy (non-hydrogen) atoms. The van der Waals surface area contributed by atoms with Gasteiger partial charge in [-0.15, -0.1) is 0 Å². The molecule has 0 aliphatic carbocycles. The van der Waals surface area contributed by atoms with Gasteiger partial charge in [-0.3, -0.25) is 0 Å². The standard InChI is InChI=1S/C16H22BrN3O/c1-10-5-6-12(13(17)7-10)14-19-15(21-20-14)11(9-18)8-16(2,3)4/h5-7,11H,8-9,18H2,1-4H3. The highest BCUT2D eigenvalue weighted by molar-refractivity contribution is 9.10. The van der Waals surface area contributed by atoms with Crippen molar-refractivity contribution < 1.29 is 4.52 Å². The first kappa shape index (κ1) is 16.2. The van der Waals surface area contributed by atoms with E-state index in [2.05, 4.69) is 46.8 Å².